The minimum atomic E-state index is 0.445. The van der Waals surface area contributed by atoms with E-state index in [9.17, 15) is 0 Å². The van der Waals surface area contributed by atoms with Gasteiger partial charge in [0.15, 0.2) is 0 Å². The molecule has 0 radical (unpaired) electrons. The van der Waals surface area contributed by atoms with Crippen molar-refractivity contribution < 1.29 is 4.74 Å². The summed E-state index contributed by atoms with van der Waals surface area (Å²) in [6, 6.07) is 8.44. The Hall–Kier alpha value is -2.21. The van der Waals surface area contributed by atoms with E-state index in [2.05, 4.69) is 32.8 Å². The van der Waals surface area contributed by atoms with Crippen molar-refractivity contribution in [1.82, 2.24) is 19.9 Å². The van der Waals surface area contributed by atoms with Crippen LogP contribution in [-0.2, 0) is 6.54 Å². The van der Waals surface area contributed by atoms with Crippen LogP contribution >= 0.6 is 0 Å². The van der Waals surface area contributed by atoms with E-state index in [4.69, 9.17) is 9.72 Å². The Kier molecular flexibility index (Phi) is 4.53. The minimum Gasteiger partial charge on any atom is -0.481 e. The summed E-state index contributed by atoms with van der Waals surface area (Å²) >= 11 is 0. The SMILES string of the molecule is COc1cccc(CN2CCN(c3ccnc(C4CC4)n3)CC2C)n1. The van der Waals surface area contributed by atoms with Crippen LogP contribution in [0.1, 0.15) is 37.2 Å². The number of rotatable bonds is 5. The minimum absolute atomic E-state index is 0.445. The number of nitrogens with zero attached hydrogens (tertiary/aromatic N) is 5. The molecule has 0 aromatic carbocycles. The highest BCUT2D eigenvalue weighted by molar-refractivity contribution is 5.39. The van der Waals surface area contributed by atoms with E-state index in [1.54, 1.807) is 7.11 Å². The van der Waals surface area contributed by atoms with Crippen LogP contribution in [0, 0.1) is 0 Å². The maximum Gasteiger partial charge on any atom is 0.213 e. The Morgan fingerprint density at radius 2 is 2.04 bits per heavy atom. The van der Waals surface area contributed by atoms with Gasteiger partial charge in [0.05, 0.1) is 12.8 Å². The zero-order valence-corrected chi connectivity index (χ0v) is 14.9. The van der Waals surface area contributed by atoms with Crippen LogP contribution in [-0.4, -0.2) is 52.6 Å². The fourth-order valence-electron chi connectivity index (χ4n) is 3.38. The number of ether oxygens (including phenoxy) is 1. The fourth-order valence-corrected chi connectivity index (χ4v) is 3.38. The van der Waals surface area contributed by atoms with E-state index < -0.39 is 0 Å². The first-order valence-electron chi connectivity index (χ1n) is 9.05. The summed E-state index contributed by atoms with van der Waals surface area (Å²) in [5.41, 5.74) is 1.05. The Bertz CT molecular complexity index is 733. The van der Waals surface area contributed by atoms with Gasteiger partial charge in [0, 0.05) is 50.4 Å². The molecule has 3 heterocycles. The molecule has 132 valence electrons. The Morgan fingerprint density at radius 3 is 2.80 bits per heavy atom. The summed E-state index contributed by atoms with van der Waals surface area (Å²) in [4.78, 5) is 18.6. The van der Waals surface area contributed by atoms with Crippen molar-refractivity contribution in [2.24, 2.45) is 0 Å². The van der Waals surface area contributed by atoms with Crippen LogP contribution in [0.2, 0.25) is 0 Å². The molecule has 2 fully saturated rings. The maximum atomic E-state index is 5.23. The van der Waals surface area contributed by atoms with Gasteiger partial charge in [-0.05, 0) is 31.9 Å². The van der Waals surface area contributed by atoms with Crippen LogP contribution in [0.15, 0.2) is 30.5 Å². The first-order valence-corrected chi connectivity index (χ1v) is 9.05. The zero-order chi connectivity index (χ0) is 17.2. The highest BCUT2D eigenvalue weighted by Crippen LogP contribution is 2.38. The molecule has 6 heteroatoms. The summed E-state index contributed by atoms with van der Waals surface area (Å²) in [5, 5.41) is 0. The van der Waals surface area contributed by atoms with Gasteiger partial charge in [-0.2, -0.15) is 0 Å². The van der Waals surface area contributed by atoms with E-state index in [0.29, 0.717) is 17.8 Å². The Morgan fingerprint density at radius 1 is 1.16 bits per heavy atom. The molecule has 25 heavy (non-hydrogen) atoms. The molecular weight excluding hydrogens is 314 g/mol. The normalized spacial score (nSPS) is 21.4. The number of anilines is 1. The monoisotopic (exact) mass is 339 g/mol. The molecular formula is C19H25N5O. The van der Waals surface area contributed by atoms with Gasteiger partial charge in [-0.1, -0.05) is 6.07 Å². The molecule has 0 N–H and O–H groups in total. The molecule has 2 aromatic heterocycles. The third-order valence-corrected chi connectivity index (χ3v) is 5.05. The third kappa shape index (κ3) is 3.74. The second kappa shape index (κ2) is 6.96. The van der Waals surface area contributed by atoms with Gasteiger partial charge in [0.25, 0.3) is 0 Å². The van der Waals surface area contributed by atoms with Crippen LogP contribution < -0.4 is 9.64 Å². The average Bonchev–Trinajstić information content (AvgIpc) is 3.49. The summed E-state index contributed by atoms with van der Waals surface area (Å²) < 4.78 is 5.23. The zero-order valence-electron chi connectivity index (χ0n) is 14.9. The summed E-state index contributed by atoms with van der Waals surface area (Å²) in [6.07, 6.45) is 4.38. The van der Waals surface area contributed by atoms with Crippen LogP contribution in [0.5, 0.6) is 5.88 Å². The van der Waals surface area contributed by atoms with Crippen molar-refractivity contribution >= 4 is 5.82 Å². The molecule has 0 bridgehead atoms. The Balaban J connectivity index is 1.40. The van der Waals surface area contributed by atoms with E-state index in [-0.39, 0.29) is 0 Å². The standard InChI is InChI=1S/C19H25N5O/c1-14-12-24(17-8-9-20-19(22-17)15-6-7-15)11-10-23(14)13-16-4-3-5-18(21-16)25-2/h3-5,8-9,14-15H,6-7,10-13H2,1-2H3. The van der Waals surface area contributed by atoms with Gasteiger partial charge in [-0.15, -0.1) is 0 Å². The molecule has 1 aliphatic carbocycles. The first kappa shape index (κ1) is 16.3. The smallest absolute Gasteiger partial charge is 0.213 e. The van der Waals surface area contributed by atoms with Gasteiger partial charge >= 0.3 is 0 Å². The second-order valence-electron chi connectivity index (χ2n) is 6.98. The van der Waals surface area contributed by atoms with Gasteiger partial charge in [-0.25, -0.2) is 15.0 Å². The van der Waals surface area contributed by atoms with Crippen molar-refractivity contribution in [1.29, 1.82) is 0 Å². The van der Waals surface area contributed by atoms with Crippen molar-refractivity contribution in [3.63, 3.8) is 0 Å². The molecule has 1 aliphatic heterocycles. The molecule has 6 nitrogen and oxygen atoms in total. The number of hydrogen-bond acceptors (Lipinski definition) is 6. The third-order valence-electron chi connectivity index (χ3n) is 5.05. The number of methoxy groups -OCH3 is 1. The molecule has 0 spiro atoms. The summed E-state index contributed by atoms with van der Waals surface area (Å²) in [6.45, 7) is 6.09. The van der Waals surface area contributed by atoms with Crippen molar-refractivity contribution in [2.75, 3.05) is 31.6 Å². The first-order chi connectivity index (χ1) is 12.2. The number of piperazine rings is 1. The maximum absolute atomic E-state index is 5.23. The highest BCUT2D eigenvalue weighted by atomic mass is 16.5. The summed E-state index contributed by atoms with van der Waals surface area (Å²) in [5.74, 6) is 3.37. The number of hydrogen-bond donors (Lipinski definition) is 0. The van der Waals surface area contributed by atoms with Crippen molar-refractivity contribution in [3.8, 4) is 5.88 Å². The molecule has 2 aromatic rings. The van der Waals surface area contributed by atoms with E-state index >= 15 is 0 Å². The van der Waals surface area contributed by atoms with E-state index in [1.807, 2.05) is 24.4 Å². The largest absolute Gasteiger partial charge is 0.481 e. The predicted octanol–water partition coefficient (Wildman–Crippen LogP) is 2.47. The van der Waals surface area contributed by atoms with Gasteiger partial charge < -0.3 is 9.64 Å². The van der Waals surface area contributed by atoms with Crippen molar-refractivity contribution in [2.45, 2.75) is 38.3 Å². The van der Waals surface area contributed by atoms with E-state index in [0.717, 1.165) is 43.5 Å². The molecule has 1 saturated carbocycles. The molecule has 4 rings (SSSR count). The topological polar surface area (TPSA) is 54.4 Å². The van der Waals surface area contributed by atoms with Gasteiger partial charge in [-0.3, -0.25) is 4.90 Å². The van der Waals surface area contributed by atoms with Crippen LogP contribution in [0.3, 0.4) is 0 Å². The van der Waals surface area contributed by atoms with Crippen LogP contribution in [0.4, 0.5) is 5.82 Å². The molecule has 1 saturated heterocycles. The molecule has 0 amide bonds. The summed E-state index contributed by atoms with van der Waals surface area (Å²) in [7, 11) is 1.66. The lowest BCUT2D eigenvalue weighted by molar-refractivity contribution is 0.178. The van der Waals surface area contributed by atoms with Crippen LogP contribution in [0.25, 0.3) is 0 Å². The van der Waals surface area contributed by atoms with Crippen molar-refractivity contribution in [3.05, 3.63) is 42.0 Å². The number of pyridine rings is 1. The fraction of sp³-hybridized carbons (Fsp3) is 0.526. The lowest BCUT2D eigenvalue weighted by Crippen LogP contribution is -2.51. The molecule has 1 unspecified atom stereocenters. The average molecular weight is 339 g/mol. The number of aromatic nitrogens is 3. The lowest BCUT2D eigenvalue weighted by atomic mass is 10.1. The van der Waals surface area contributed by atoms with E-state index in [1.165, 1.54) is 12.8 Å². The highest BCUT2D eigenvalue weighted by Gasteiger charge is 2.29. The van der Waals surface area contributed by atoms with Gasteiger partial charge in [0.2, 0.25) is 5.88 Å². The molecule has 1 atom stereocenters. The predicted molar refractivity (Wildman–Crippen MR) is 96.9 cm³/mol. The molecule has 2 aliphatic rings. The van der Waals surface area contributed by atoms with Gasteiger partial charge in [0.1, 0.15) is 11.6 Å². The lowest BCUT2D eigenvalue weighted by Gasteiger charge is -2.40. The quantitative estimate of drug-likeness (QED) is 0.834. The Labute approximate surface area is 148 Å². The second-order valence-corrected chi connectivity index (χ2v) is 6.98.